The van der Waals surface area contributed by atoms with E-state index in [2.05, 4.69) is 10.4 Å². The molecule has 1 aliphatic heterocycles. The molecule has 6 nitrogen and oxygen atoms in total. The van der Waals surface area contributed by atoms with Gasteiger partial charge >= 0.3 is 6.18 Å². The van der Waals surface area contributed by atoms with Gasteiger partial charge in [0.25, 0.3) is 5.56 Å². The molecule has 10 heteroatoms. The van der Waals surface area contributed by atoms with Gasteiger partial charge in [0.05, 0.1) is 29.5 Å². The molecule has 0 spiro atoms. The molecule has 2 aromatic carbocycles. The Morgan fingerprint density at radius 2 is 2.03 bits per heavy atom. The Labute approximate surface area is 173 Å². The fourth-order valence-electron chi connectivity index (χ4n) is 3.50. The number of hydrogen-bond donors (Lipinski definition) is 1. The van der Waals surface area contributed by atoms with Crippen molar-refractivity contribution < 1.29 is 27.1 Å². The third kappa shape index (κ3) is 4.43. The lowest BCUT2D eigenvalue weighted by Gasteiger charge is -2.17. The molecule has 1 N–H and O–H groups in total. The number of ether oxygens (including phenoxy) is 1. The van der Waals surface area contributed by atoms with Gasteiger partial charge in [0.15, 0.2) is 0 Å². The minimum absolute atomic E-state index is 0.100. The second-order valence-corrected chi connectivity index (χ2v) is 7.24. The summed E-state index contributed by atoms with van der Waals surface area (Å²) >= 11 is 0. The Morgan fingerprint density at radius 1 is 1.23 bits per heavy atom. The van der Waals surface area contributed by atoms with Gasteiger partial charge in [0.1, 0.15) is 11.6 Å². The molecule has 1 saturated heterocycles. The van der Waals surface area contributed by atoms with Crippen molar-refractivity contribution >= 4 is 16.8 Å². The Hall–Kier alpha value is -3.27. The molecule has 0 radical (unpaired) electrons. The molecule has 0 aliphatic carbocycles. The molecule has 3 aromatic rings. The average Bonchev–Trinajstić information content (AvgIpc) is 3.24. The summed E-state index contributed by atoms with van der Waals surface area (Å²) in [5, 5.41) is 0.100. The topological polar surface area (TPSA) is 73.2 Å². The molecule has 1 aromatic heterocycles. The van der Waals surface area contributed by atoms with Crippen LogP contribution in [0.1, 0.15) is 29.3 Å². The van der Waals surface area contributed by atoms with E-state index in [1.54, 1.807) is 0 Å². The summed E-state index contributed by atoms with van der Waals surface area (Å²) in [5.41, 5.74) is 1.26. The van der Waals surface area contributed by atoms with Gasteiger partial charge in [-0.1, -0.05) is 18.2 Å². The predicted octanol–water partition coefficient (Wildman–Crippen LogP) is 3.37. The maximum Gasteiger partial charge on any atom is 0.416 e. The highest BCUT2D eigenvalue weighted by atomic mass is 19.4. The molecule has 0 saturated carbocycles. The first-order chi connectivity index (χ1) is 14.7. The van der Waals surface area contributed by atoms with E-state index < -0.39 is 29.0 Å². The minimum atomic E-state index is -4.53. The summed E-state index contributed by atoms with van der Waals surface area (Å²) < 4.78 is 58.7. The normalized spacial score (nSPS) is 16.6. The van der Waals surface area contributed by atoms with Crippen LogP contribution in [0.25, 0.3) is 10.9 Å². The van der Waals surface area contributed by atoms with Gasteiger partial charge in [-0.2, -0.15) is 13.2 Å². The Kier molecular flexibility index (Phi) is 5.48. The zero-order valence-corrected chi connectivity index (χ0v) is 16.1. The summed E-state index contributed by atoms with van der Waals surface area (Å²) in [4.78, 5) is 29.9. The van der Waals surface area contributed by atoms with Gasteiger partial charge in [0.2, 0.25) is 5.91 Å². The Balaban J connectivity index is 1.68. The molecule has 2 heterocycles. The minimum Gasteiger partial charge on any atom is -0.381 e. The van der Waals surface area contributed by atoms with Crippen LogP contribution in [0.5, 0.6) is 0 Å². The van der Waals surface area contributed by atoms with Crippen LogP contribution in [0.3, 0.4) is 0 Å². The second-order valence-electron chi connectivity index (χ2n) is 7.24. The number of hydrogen-bond acceptors (Lipinski definition) is 4. The van der Waals surface area contributed by atoms with Gasteiger partial charge in [0, 0.05) is 18.6 Å². The van der Waals surface area contributed by atoms with Crippen LogP contribution >= 0.6 is 0 Å². The SMILES string of the molecule is O=C(Cc1cccc(C(F)(F)F)c1)Nn1c(C2CCOC2)nc2cc(F)ccc2c1=O. The molecule has 1 aliphatic rings. The molecule has 31 heavy (non-hydrogen) atoms. The van der Waals surface area contributed by atoms with E-state index in [4.69, 9.17) is 4.74 Å². The smallest absolute Gasteiger partial charge is 0.381 e. The number of aromatic nitrogens is 2. The van der Waals surface area contributed by atoms with Crippen molar-refractivity contribution in [3.63, 3.8) is 0 Å². The number of fused-ring (bicyclic) bond motifs is 1. The molecule has 1 atom stereocenters. The fourth-order valence-corrected chi connectivity index (χ4v) is 3.50. The van der Waals surface area contributed by atoms with Crippen molar-refractivity contribution in [1.29, 1.82) is 0 Å². The monoisotopic (exact) mass is 435 g/mol. The molecule has 0 bridgehead atoms. The van der Waals surface area contributed by atoms with Gasteiger partial charge in [-0.15, -0.1) is 0 Å². The molecule has 1 fully saturated rings. The number of carbonyl (C=O) groups excluding carboxylic acids is 1. The Bertz CT molecular complexity index is 1200. The van der Waals surface area contributed by atoms with E-state index in [1.165, 1.54) is 18.2 Å². The highest BCUT2D eigenvalue weighted by Gasteiger charge is 2.30. The van der Waals surface area contributed by atoms with E-state index >= 15 is 0 Å². The standard InChI is InChI=1S/C21H17F4N3O3/c22-15-4-5-16-17(10-15)26-19(13-6-7-31-11-13)28(20(16)30)27-18(29)9-12-2-1-3-14(8-12)21(23,24)25/h1-5,8,10,13H,6-7,9,11H2,(H,27,29). The van der Waals surface area contributed by atoms with Gasteiger partial charge in [-0.25, -0.2) is 14.1 Å². The summed E-state index contributed by atoms with van der Waals surface area (Å²) in [6.07, 6.45) is -4.36. The van der Waals surface area contributed by atoms with Crippen molar-refractivity contribution in [3.05, 3.63) is 75.6 Å². The van der Waals surface area contributed by atoms with Gasteiger partial charge < -0.3 is 4.74 Å². The van der Waals surface area contributed by atoms with Crippen molar-refractivity contribution in [2.24, 2.45) is 0 Å². The molecule has 162 valence electrons. The molecule has 1 unspecified atom stereocenters. The van der Waals surface area contributed by atoms with Crippen molar-refractivity contribution in [1.82, 2.24) is 9.66 Å². The zero-order valence-electron chi connectivity index (χ0n) is 16.1. The van der Waals surface area contributed by atoms with E-state index in [0.29, 0.717) is 13.0 Å². The number of alkyl halides is 3. The first-order valence-electron chi connectivity index (χ1n) is 9.48. The van der Waals surface area contributed by atoms with E-state index in [1.807, 2.05) is 0 Å². The number of nitrogens with one attached hydrogen (secondary N) is 1. The molecular formula is C21H17F4N3O3. The summed E-state index contributed by atoms with van der Waals surface area (Å²) in [6.45, 7) is 0.719. The van der Waals surface area contributed by atoms with Crippen LogP contribution in [-0.2, 0) is 22.1 Å². The highest BCUT2D eigenvalue weighted by molar-refractivity contribution is 5.86. The molecule has 4 rings (SSSR count). The fraction of sp³-hybridized carbons (Fsp3) is 0.286. The number of halogens is 4. The van der Waals surface area contributed by atoms with Crippen LogP contribution in [0.4, 0.5) is 17.6 Å². The lowest BCUT2D eigenvalue weighted by atomic mass is 10.1. The lowest BCUT2D eigenvalue weighted by Crippen LogP contribution is -2.38. The van der Waals surface area contributed by atoms with Crippen molar-refractivity contribution in [2.45, 2.75) is 24.9 Å². The van der Waals surface area contributed by atoms with Crippen LogP contribution in [0.15, 0.2) is 47.3 Å². The quantitative estimate of drug-likeness (QED) is 0.638. The van der Waals surface area contributed by atoms with Crippen LogP contribution in [-0.4, -0.2) is 28.8 Å². The van der Waals surface area contributed by atoms with Crippen LogP contribution in [0, 0.1) is 5.82 Å². The predicted molar refractivity (Wildman–Crippen MR) is 104 cm³/mol. The van der Waals surface area contributed by atoms with Crippen molar-refractivity contribution in [2.75, 3.05) is 18.6 Å². The van der Waals surface area contributed by atoms with E-state index in [9.17, 15) is 27.2 Å². The first-order valence-corrected chi connectivity index (χ1v) is 9.48. The third-order valence-corrected chi connectivity index (χ3v) is 5.01. The number of amides is 1. The maximum atomic E-state index is 13.6. The van der Waals surface area contributed by atoms with Crippen LogP contribution < -0.4 is 11.0 Å². The highest BCUT2D eigenvalue weighted by Crippen LogP contribution is 2.29. The molecular weight excluding hydrogens is 418 g/mol. The lowest BCUT2D eigenvalue weighted by molar-refractivity contribution is -0.137. The second kappa shape index (κ2) is 8.10. The van der Waals surface area contributed by atoms with Crippen molar-refractivity contribution in [3.8, 4) is 0 Å². The number of nitrogens with zero attached hydrogens (tertiary/aromatic N) is 2. The summed E-state index contributed by atoms with van der Waals surface area (Å²) in [6, 6.07) is 7.91. The average molecular weight is 435 g/mol. The zero-order chi connectivity index (χ0) is 22.2. The van der Waals surface area contributed by atoms with Crippen LogP contribution in [0.2, 0.25) is 0 Å². The van der Waals surface area contributed by atoms with E-state index in [0.717, 1.165) is 28.9 Å². The maximum absolute atomic E-state index is 13.6. The largest absolute Gasteiger partial charge is 0.416 e. The number of carbonyl (C=O) groups is 1. The summed E-state index contributed by atoms with van der Waals surface area (Å²) in [5.74, 6) is -1.34. The Morgan fingerprint density at radius 3 is 2.74 bits per heavy atom. The molecule has 1 amide bonds. The van der Waals surface area contributed by atoms with Gasteiger partial charge in [-0.05, 0) is 30.2 Å². The van der Waals surface area contributed by atoms with E-state index in [-0.39, 0.29) is 41.2 Å². The first kappa shape index (κ1) is 21.0. The number of benzene rings is 2. The van der Waals surface area contributed by atoms with Gasteiger partial charge in [-0.3, -0.25) is 15.0 Å². The number of rotatable bonds is 4. The summed E-state index contributed by atoms with van der Waals surface area (Å²) in [7, 11) is 0. The third-order valence-electron chi connectivity index (χ3n) is 5.01.